The van der Waals surface area contributed by atoms with Crippen LogP contribution in [0.5, 0.6) is 0 Å². The smallest absolute Gasteiger partial charge is 0.336 e. The number of halogens is 1. The van der Waals surface area contributed by atoms with Gasteiger partial charge in [0.25, 0.3) is 0 Å². The summed E-state index contributed by atoms with van der Waals surface area (Å²) in [6.45, 7) is 2.95. The lowest BCUT2D eigenvalue weighted by atomic mass is 9.94. The molecule has 7 nitrogen and oxygen atoms in total. The molecule has 8 heteroatoms. The maximum atomic E-state index is 13.6. The van der Waals surface area contributed by atoms with E-state index < -0.39 is 5.97 Å². The fourth-order valence-electron chi connectivity index (χ4n) is 5.51. The number of rotatable bonds is 10. The molecule has 0 radical (unpaired) electrons. The van der Waals surface area contributed by atoms with Crippen molar-refractivity contribution < 1.29 is 28.6 Å². The van der Waals surface area contributed by atoms with Crippen LogP contribution >= 0.6 is 0 Å². The van der Waals surface area contributed by atoms with E-state index in [1.54, 1.807) is 31.2 Å². The molecule has 0 aliphatic heterocycles. The van der Waals surface area contributed by atoms with Crippen LogP contribution in [0.15, 0.2) is 42.5 Å². The molecule has 2 amide bonds. The van der Waals surface area contributed by atoms with Crippen LogP contribution in [0.1, 0.15) is 72.9 Å². The molecule has 0 spiro atoms. The number of hydrogen-bond donors (Lipinski definition) is 2. The van der Waals surface area contributed by atoms with Crippen molar-refractivity contribution in [3.8, 4) is 0 Å². The van der Waals surface area contributed by atoms with Gasteiger partial charge < -0.3 is 24.8 Å². The number of nitrogens with one attached hydrogen (secondary N) is 1. The highest BCUT2D eigenvalue weighted by atomic mass is 19.1. The maximum Gasteiger partial charge on any atom is 0.336 e. The van der Waals surface area contributed by atoms with Crippen molar-refractivity contribution in [2.75, 3.05) is 18.5 Å². The van der Waals surface area contributed by atoms with Crippen molar-refractivity contribution in [1.82, 2.24) is 4.90 Å². The SMILES string of the molecule is Cc1cccc(CO[C@H]2CCC[C@@H](OCCN(C(=O)Nc3cccc(F)c3)C3CCCC3)C2)c1C(=O)O. The molecular weight excluding hydrogens is 475 g/mol. The third-order valence-corrected chi connectivity index (χ3v) is 7.41. The number of hydrogen-bond acceptors (Lipinski definition) is 4. The molecule has 2 aliphatic rings. The zero-order valence-corrected chi connectivity index (χ0v) is 21.5. The number of carboxylic acid groups (broad SMARTS) is 1. The molecule has 0 heterocycles. The zero-order chi connectivity index (χ0) is 26.2. The third kappa shape index (κ3) is 7.52. The number of aromatic carboxylic acids is 1. The van der Waals surface area contributed by atoms with Gasteiger partial charge in [-0.2, -0.15) is 0 Å². The van der Waals surface area contributed by atoms with Crippen LogP contribution in [-0.2, 0) is 16.1 Å². The number of amides is 2. The molecule has 2 fully saturated rings. The highest BCUT2D eigenvalue weighted by Crippen LogP contribution is 2.27. The number of aryl methyl sites for hydroxylation is 1. The summed E-state index contributed by atoms with van der Waals surface area (Å²) in [7, 11) is 0. The van der Waals surface area contributed by atoms with E-state index in [4.69, 9.17) is 9.47 Å². The summed E-state index contributed by atoms with van der Waals surface area (Å²) < 4.78 is 25.9. The summed E-state index contributed by atoms with van der Waals surface area (Å²) in [6.07, 6.45) is 7.73. The molecule has 0 saturated heterocycles. The van der Waals surface area contributed by atoms with Crippen LogP contribution < -0.4 is 5.32 Å². The fourth-order valence-corrected chi connectivity index (χ4v) is 5.51. The molecule has 200 valence electrons. The van der Waals surface area contributed by atoms with E-state index in [1.807, 2.05) is 11.0 Å². The monoisotopic (exact) mass is 512 g/mol. The Bertz CT molecular complexity index is 1070. The first-order valence-corrected chi connectivity index (χ1v) is 13.3. The predicted molar refractivity (Wildman–Crippen MR) is 139 cm³/mol. The van der Waals surface area contributed by atoms with E-state index in [2.05, 4.69) is 5.32 Å². The minimum Gasteiger partial charge on any atom is -0.478 e. The van der Waals surface area contributed by atoms with Crippen molar-refractivity contribution in [3.63, 3.8) is 0 Å². The Balaban J connectivity index is 1.28. The molecule has 2 aromatic carbocycles. The van der Waals surface area contributed by atoms with Gasteiger partial charge in [0.1, 0.15) is 5.82 Å². The fraction of sp³-hybridized carbons (Fsp3) is 0.517. The quantitative estimate of drug-likeness (QED) is 0.398. The molecule has 2 aliphatic carbocycles. The standard InChI is InChI=1S/C29H37FN2O5/c1-20-7-4-8-21(27(20)28(33)34)19-37-26-14-6-13-25(18-26)36-16-15-32(24-11-2-3-12-24)29(35)31-23-10-5-9-22(30)17-23/h4-5,7-10,17,24-26H,2-3,6,11-16,18-19H2,1H3,(H,31,35)(H,33,34)/t25-,26+/m1/s1. The topological polar surface area (TPSA) is 88.1 Å². The Morgan fingerprint density at radius 1 is 1.03 bits per heavy atom. The third-order valence-electron chi connectivity index (χ3n) is 7.41. The highest BCUT2D eigenvalue weighted by molar-refractivity contribution is 5.91. The van der Waals surface area contributed by atoms with E-state index in [-0.39, 0.29) is 36.7 Å². The normalized spacial score (nSPS) is 20.1. The first-order chi connectivity index (χ1) is 17.9. The number of nitrogens with zero attached hydrogens (tertiary/aromatic N) is 1. The van der Waals surface area contributed by atoms with Crippen molar-refractivity contribution >= 4 is 17.7 Å². The van der Waals surface area contributed by atoms with Crippen LogP contribution in [0.25, 0.3) is 0 Å². The van der Waals surface area contributed by atoms with Gasteiger partial charge in [-0.3, -0.25) is 0 Å². The molecule has 2 atom stereocenters. The second kappa shape index (κ2) is 13.0. The predicted octanol–water partition coefficient (Wildman–Crippen LogP) is 6.15. The van der Waals surface area contributed by atoms with Gasteiger partial charge in [-0.25, -0.2) is 14.0 Å². The van der Waals surface area contributed by atoms with Gasteiger partial charge in [-0.05, 0) is 74.8 Å². The average molecular weight is 513 g/mol. The van der Waals surface area contributed by atoms with Crippen LogP contribution in [-0.4, -0.2) is 53.4 Å². The number of carboxylic acids is 1. The molecule has 2 aromatic rings. The maximum absolute atomic E-state index is 13.6. The van der Waals surface area contributed by atoms with Gasteiger partial charge in [0.15, 0.2) is 0 Å². The van der Waals surface area contributed by atoms with Crippen LogP contribution in [0, 0.1) is 12.7 Å². The van der Waals surface area contributed by atoms with Crippen molar-refractivity contribution in [3.05, 3.63) is 65.0 Å². The van der Waals surface area contributed by atoms with Gasteiger partial charge in [0.05, 0.1) is 31.0 Å². The Hall–Kier alpha value is -2.97. The molecule has 0 unspecified atom stereocenters. The first kappa shape index (κ1) is 27.1. The Labute approximate surface area is 218 Å². The number of carbonyl (C=O) groups excluding carboxylic acids is 1. The van der Waals surface area contributed by atoms with Crippen molar-refractivity contribution in [1.29, 1.82) is 0 Å². The Morgan fingerprint density at radius 2 is 1.76 bits per heavy atom. The molecule has 2 N–H and O–H groups in total. The van der Waals surface area contributed by atoms with Crippen LogP contribution in [0.4, 0.5) is 14.9 Å². The number of carbonyl (C=O) groups is 2. The van der Waals surface area contributed by atoms with E-state index in [0.29, 0.717) is 30.0 Å². The van der Waals surface area contributed by atoms with E-state index >= 15 is 0 Å². The van der Waals surface area contributed by atoms with Crippen LogP contribution in [0.3, 0.4) is 0 Å². The lowest BCUT2D eigenvalue weighted by molar-refractivity contribution is -0.0531. The van der Waals surface area contributed by atoms with Gasteiger partial charge in [0, 0.05) is 18.3 Å². The molecule has 2 saturated carbocycles. The average Bonchev–Trinajstić information content (AvgIpc) is 3.40. The number of anilines is 1. The number of urea groups is 1. The summed E-state index contributed by atoms with van der Waals surface area (Å²) in [5.41, 5.74) is 2.18. The molecule has 0 bridgehead atoms. The van der Waals surface area contributed by atoms with E-state index in [9.17, 15) is 19.1 Å². The second-order valence-electron chi connectivity index (χ2n) is 10.1. The van der Waals surface area contributed by atoms with Crippen molar-refractivity contribution in [2.45, 2.75) is 83.1 Å². The zero-order valence-electron chi connectivity index (χ0n) is 21.5. The summed E-state index contributed by atoms with van der Waals surface area (Å²) >= 11 is 0. The lowest BCUT2D eigenvalue weighted by Crippen LogP contribution is -2.44. The summed E-state index contributed by atoms with van der Waals surface area (Å²) in [6, 6.07) is 11.3. The molecule has 0 aromatic heterocycles. The highest BCUT2D eigenvalue weighted by Gasteiger charge is 2.28. The largest absolute Gasteiger partial charge is 0.478 e. The molecular formula is C29H37FN2O5. The van der Waals surface area contributed by atoms with E-state index in [1.165, 1.54) is 12.1 Å². The second-order valence-corrected chi connectivity index (χ2v) is 10.1. The van der Waals surface area contributed by atoms with Gasteiger partial charge in [-0.15, -0.1) is 0 Å². The summed E-state index contributed by atoms with van der Waals surface area (Å²) in [4.78, 5) is 26.5. The first-order valence-electron chi connectivity index (χ1n) is 13.3. The molecule has 37 heavy (non-hydrogen) atoms. The number of ether oxygens (including phenoxy) is 2. The minimum absolute atomic E-state index is 0.00289. The van der Waals surface area contributed by atoms with Gasteiger partial charge in [0.2, 0.25) is 0 Å². The van der Waals surface area contributed by atoms with E-state index in [0.717, 1.165) is 56.9 Å². The van der Waals surface area contributed by atoms with Crippen molar-refractivity contribution in [2.24, 2.45) is 0 Å². The van der Waals surface area contributed by atoms with Gasteiger partial charge in [-0.1, -0.05) is 37.1 Å². The Morgan fingerprint density at radius 3 is 2.49 bits per heavy atom. The molecule has 4 rings (SSSR count). The summed E-state index contributed by atoms with van der Waals surface area (Å²) in [5.74, 6) is -1.32. The lowest BCUT2D eigenvalue weighted by Gasteiger charge is -2.32. The summed E-state index contributed by atoms with van der Waals surface area (Å²) in [5, 5.41) is 12.4. The Kier molecular flexibility index (Phi) is 9.52. The van der Waals surface area contributed by atoms with Gasteiger partial charge >= 0.3 is 12.0 Å². The minimum atomic E-state index is -0.935. The van der Waals surface area contributed by atoms with Crippen LogP contribution in [0.2, 0.25) is 0 Å². The number of benzene rings is 2.